The minimum atomic E-state index is -0.569. The van der Waals surface area contributed by atoms with Crippen LogP contribution in [0.1, 0.15) is 11.7 Å². The van der Waals surface area contributed by atoms with Crippen LogP contribution in [0.4, 0.5) is 5.69 Å². The van der Waals surface area contributed by atoms with Gasteiger partial charge in [-0.2, -0.15) is 0 Å². The Labute approximate surface area is 106 Å². The Morgan fingerprint density at radius 1 is 1.28 bits per heavy atom. The van der Waals surface area contributed by atoms with Gasteiger partial charge < -0.3 is 15.2 Å². The quantitative estimate of drug-likeness (QED) is 0.847. The van der Waals surface area contributed by atoms with Gasteiger partial charge in [-0.05, 0) is 30.3 Å². The van der Waals surface area contributed by atoms with Gasteiger partial charge >= 0.3 is 0 Å². The average Bonchev–Trinajstić information content (AvgIpc) is 2.46. The fraction of sp³-hybridized carbons (Fsp3) is 0.214. The Hall–Kier alpha value is -2.07. The fourth-order valence-corrected chi connectivity index (χ4v) is 1.61. The summed E-state index contributed by atoms with van der Waals surface area (Å²) in [4.78, 5) is 3.98. The van der Waals surface area contributed by atoms with Gasteiger partial charge in [0, 0.05) is 30.2 Å². The van der Waals surface area contributed by atoms with Crippen LogP contribution in [0.2, 0.25) is 0 Å². The molecule has 1 aromatic heterocycles. The highest BCUT2D eigenvalue weighted by atomic mass is 16.5. The summed E-state index contributed by atoms with van der Waals surface area (Å²) in [6, 6.07) is 11.2. The van der Waals surface area contributed by atoms with Gasteiger partial charge in [-0.3, -0.25) is 4.98 Å². The first kappa shape index (κ1) is 12.4. The highest BCUT2D eigenvalue weighted by molar-refractivity contribution is 5.46. The van der Waals surface area contributed by atoms with Crippen LogP contribution >= 0.6 is 0 Å². The summed E-state index contributed by atoms with van der Waals surface area (Å²) in [5.41, 5.74) is 1.75. The monoisotopic (exact) mass is 244 g/mol. The zero-order valence-electron chi connectivity index (χ0n) is 10.2. The summed E-state index contributed by atoms with van der Waals surface area (Å²) in [7, 11) is 1.63. The van der Waals surface area contributed by atoms with E-state index in [4.69, 9.17) is 4.74 Å². The first-order chi connectivity index (χ1) is 8.79. The molecule has 2 aromatic rings. The van der Waals surface area contributed by atoms with Gasteiger partial charge in [0.25, 0.3) is 0 Å². The van der Waals surface area contributed by atoms with Crippen LogP contribution in [0, 0.1) is 0 Å². The van der Waals surface area contributed by atoms with E-state index in [1.807, 2.05) is 36.4 Å². The van der Waals surface area contributed by atoms with E-state index in [-0.39, 0.29) is 0 Å². The Balaban J connectivity index is 1.91. The van der Waals surface area contributed by atoms with Crippen molar-refractivity contribution in [1.82, 2.24) is 4.98 Å². The van der Waals surface area contributed by atoms with Crippen LogP contribution < -0.4 is 10.1 Å². The van der Waals surface area contributed by atoms with Gasteiger partial charge in [0.05, 0.1) is 13.2 Å². The molecule has 0 amide bonds. The third-order valence-electron chi connectivity index (χ3n) is 2.66. The first-order valence-corrected chi connectivity index (χ1v) is 5.75. The molecule has 18 heavy (non-hydrogen) atoms. The predicted octanol–water partition coefficient (Wildman–Crippen LogP) is 2.24. The second-order valence-corrected chi connectivity index (χ2v) is 3.91. The number of aliphatic hydroxyl groups excluding tert-OH is 1. The number of nitrogens with one attached hydrogen (secondary N) is 1. The number of nitrogens with zero attached hydrogens (tertiary/aromatic N) is 1. The second kappa shape index (κ2) is 6.02. The van der Waals surface area contributed by atoms with Crippen molar-refractivity contribution in [3.63, 3.8) is 0 Å². The van der Waals surface area contributed by atoms with Crippen molar-refractivity contribution in [3.05, 3.63) is 54.4 Å². The molecular weight excluding hydrogens is 228 g/mol. The molecule has 0 spiro atoms. The maximum atomic E-state index is 9.96. The summed E-state index contributed by atoms with van der Waals surface area (Å²) >= 11 is 0. The second-order valence-electron chi connectivity index (χ2n) is 3.91. The van der Waals surface area contributed by atoms with Crippen LogP contribution in [0.5, 0.6) is 5.75 Å². The molecule has 0 radical (unpaired) electrons. The lowest BCUT2D eigenvalue weighted by Crippen LogP contribution is -2.12. The smallest absolute Gasteiger partial charge is 0.119 e. The molecule has 1 unspecified atom stereocenters. The third kappa shape index (κ3) is 3.21. The Bertz CT molecular complexity index is 471. The average molecular weight is 244 g/mol. The molecule has 1 heterocycles. The minimum Gasteiger partial charge on any atom is -0.497 e. The molecule has 2 rings (SSSR count). The van der Waals surface area contributed by atoms with E-state index in [2.05, 4.69) is 10.3 Å². The van der Waals surface area contributed by atoms with Gasteiger partial charge in [0.2, 0.25) is 0 Å². The van der Waals surface area contributed by atoms with Crippen molar-refractivity contribution in [3.8, 4) is 5.75 Å². The minimum absolute atomic E-state index is 0.442. The Morgan fingerprint density at radius 2 is 2.06 bits per heavy atom. The topological polar surface area (TPSA) is 54.4 Å². The van der Waals surface area contributed by atoms with Crippen molar-refractivity contribution in [2.45, 2.75) is 6.10 Å². The molecule has 0 bridgehead atoms. The number of rotatable bonds is 5. The number of pyridine rings is 1. The number of aromatic nitrogens is 1. The highest BCUT2D eigenvalue weighted by Crippen LogP contribution is 2.17. The lowest BCUT2D eigenvalue weighted by molar-refractivity contribution is 0.191. The fourth-order valence-electron chi connectivity index (χ4n) is 1.61. The largest absolute Gasteiger partial charge is 0.497 e. The summed E-state index contributed by atoms with van der Waals surface area (Å²) in [6.07, 6.45) is 2.79. The Kier molecular flexibility index (Phi) is 4.15. The molecule has 0 saturated heterocycles. The zero-order valence-corrected chi connectivity index (χ0v) is 10.2. The number of anilines is 1. The number of hydrogen-bond acceptors (Lipinski definition) is 4. The number of aliphatic hydroxyl groups is 1. The predicted molar refractivity (Wildman–Crippen MR) is 70.7 cm³/mol. The van der Waals surface area contributed by atoms with Gasteiger partial charge in [0.15, 0.2) is 0 Å². The summed E-state index contributed by atoms with van der Waals surface area (Å²) in [6.45, 7) is 0.442. The normalized spacial score (nSPS) is 11.9. The molecule has 0 fully saturated rings. The Morgan fingerprint density at radius 3 is 2.67 bits per heavy atom. The molecule has 0 saturated carbocycles. The van der Waals surface area contributed by atoms with E-state index in [1.54, 1.807) is 19.5 Å². The van der Waals surface area contributed by atoms with Crippen molar-refractivity contribution >= 4 is 5.69 Å². The van der Waals surface area contributed by atoms with E-state index < -0.39 is 6.10 Å². The number of hydrogen-bond donors (Lipinski definition) is 2. The molecule has 4 heteroatoms. The third-order valence-corrected chi connectivity index (χ3v) is 2.66. The van der Waals surface area contributed by atoms with Crippen LogP contribution in [0.25, 0.3) is 0 Å². The standard InChI is InChI=1S/C14H16N2O2/c1-18-13-6-4-12(5-7-13)16-10-14(17)11-3-2-8-15-9-11/h2-9,14,16-17H,10H2,1H3. The molecule has 0 aliphatic rings. The first-order valence-electron chi connectivity index (χ1n) is 5.75. The lowest BCUT2D eigenvalue weighted by Gasteiger charge is -2.13. The van der Waals surface area contributed by atoms with E-state index in [1.165, 1.54) is 0 Å². The summed E-state index contributed by atoms with van der Waals surface area (Å²) in [5, 5.41) is 13.1. The SMILES string of the molecule is COc1ccc(NCC(O)c2cccnc2)cc1. The molecule has 0 aliphatic heterocycles. The molecule has 1 atom stereocenters. The maximum Gasteiger partial charge on any atom is 0.119 e. The van der Waals surface area contributed by atoms with Crippen LogP contribution in [-0.4, -0.2) is 23.7 Å². The van der Waals surface area contributed by atoms with E-state index in [0.717, 1.165) is 17.0 Å². The van der Waals surface area contributed by atoms with Gasteiger partial charge in [-0.1, -0.05) is 6.07 Å². The van der Waals surface area contributed by atoms with Crippen molar-refractivity contribution in [1.29, 1.82) is 0 Å². The molecule has 94 valence electrons. The molecule has 2 N–H and O–H groups in total. The summed E-state index contributed by atoms with van der Waals surface area (Å²) < 4.78 is 5.08. The van der Waals surface area contributed by atoms with Crippen LogP contribution in [0.15, 0.2) is 48.8 Å². The molecule has 4 nitrogen and oxygen atoms in total. The van der Waals surface area contributed by atoms with Gasteiger partial charge in [-0.15, -0.1) is 0 Å². The van der Waals surface area contributed by atoms with Crippen LogP contribution in [0.3, 0.4) is 0 Å². The van der Waals surface area contributed by atoms with Crippen molar-refractivity contribution in [2.75, 3.05) is 19.0 Å². The summed E-state index contributed by atoms with van der Waals surface area (Å²) in [5.74, 6) is 0.813. The van der Waals surface area contributed by atoms with Crippen molar-refractivity contribution < 1.29 is 9.84 Å². The molecule has 0 aliphatic carbocycles. The molecule has 1 aromatic carbocycles. The van der Waals surface area contributed by atoms with Gasteiger partial charge in [0.1, 0.15) is 5.75 Å². The van der Waals surface area contributed by atoms with E-state index >= 15 is 0 Å². The van der Waals surface area contributed by atoms with Gasteiger partial charge in [-0.25, -0.2) is 0 Å². The van der Waals surface area contributed by atoms with Crippen LogP contribution in [-0.2, 0) is 0 Å². The number of ether oxygens (including phenoxy) is 1. The highest BCUT2D eigenvalue weighted by Gasteiger charge is 2.06. The number of benzene rings is 1. The lowest BCUT2D eigenvalue weighted by atomic mass is 10.1. The molecular formula is C14H16N2O2. The van der Waals surface area contributed by atoms with Crippen molar-refractivity contribution in [2.24, 2.45) is 0 Å². The van der Waals surface area contributed by atoms with E-state index in [9.17, 15) is 5.11 Å². The zero-order chi connectivity index (χ0) is 12.8. The van der Waals surface area contributed by atoms with E-state index in [0.29, 0.717) is 6.54 Å². The number of methoxy groups -OCH3 is 1. The maximum absolute atomic E-state index is 9.96.